The third kappa shape index (κ3) is 3.65. The van der Waals surface area contributed by atoms with Crippen LogP contribution in [0.5, 0.6) is 0 Å². The quantitative estimate of drug-likeness (QED) is 0.720. The second-order valence-electron chi connectivity index (χ2n) is 6.46. The lowest BCUT2D eigenvalue weighted by Gasteiger charge is -2.28. The molecule has 2 aromatic carbocycles. The first kappa shape index (κ1) is 16.8. The molecule has 0 spiro atoms. The van der Waals surface area contributed by atoms with Crippen LogP contribution in [0.1, 0.15) is 16.7 Å². The average molecular weight is 364 g/mol. The smallest absolute Gasteiger partial charge is 0.233 e. The van der Waals surface area contributed by atoms with E-state index < -0.39 is 0 Å². The number of fused-ring (bicyclic) bond motifs is 1. The Morgan fingerprint density at radius 2 is 1.92 bits per heavy atom. The third-order valence-corrected chi connectivity index (χ3v) is 5.43. The van der Waals surface area contributed by atoms with Gasteiger partial charge in [-0.2, -0.15) is 0 Å². The number of amides is 1. The minimum Gasteiger partial charge on any atom is -0.337 e. The van der Waals surface area contributed by atoms with Gasteiger partial charge in [0.2, 0.25) is 11.1 Å². The molecule has 0 saturated carbocycles. The molecule has 2 heterocycles. The van der Waals surface area contributed by atoms with Gasteiger partial charge in [-0.05, 0) is 24.5 Å². The van der Waals surface area contributed by atoms with Gasteiger partial charge in [0.05, 0.1) is 5.75 Å². The van der Waals surface area contributed by atoms with E-state index in [1.807, 2.05) is 35.2 Å². The van der Waals surface area contributed by atoms with Crippen molar-refractivity contribution in [3.8, 4) is 11.4 Å². The van der Waals surface area contributed by atoms with Crippen molar-refractivity contribution >= 4 is 17.7 Å². The predicted molar refractivity (Wildman–Crippen MR) is 103 cm³/mol. The highest BCUT2D eigenvalue weighted by molar-refractivity contribution is 7.99. The maximum atomic E-state index is 12.5. The summed E-state index contributed by atoms with van der Waals surface area (Å²) < 4.78 is 0. The first-order valence-corrected chi connectivity index (χ1v) is 9.64. The van der Waals surface area contributed by atoms with Crippen molar-refractivity contribution in [3.05, 3.63) is 65.2 Å². The number of aromatic nitrogens is 3. The van der Waals surface area contributed by atoms with Crippen LogP contribution in [0, 0.1) is 6.92 Å². The van der Waals surface area contributed by atoms with Gasteiger partial charge in [-0.3, -0.25) is 9.89 Å². The van der Waals surface area contributed by atoms with Crippen LogP contribution in [-0.2, 0) is 17.8 Å². The Balaban J connectivity index is 1.36. The Morgan fingerprint density at radius 1 is 1.15 bits per heavy atom. The number of hydrogen-bond donors (Lipinski definition) is 1. The standard InChI is InChI=1S/C20H20N4OS/c1-14-6-8-16(9-7-14)19-21-20(23-22-19)26-13-18(25)24-11-10-15-4-2-3-5-17(15)12-24/h2-9H,10-13H2,1H3,(H,21,22,23). The van der Waals surface area contributed by atoms with E-state index in [0.717, 1.165) is 24.4 Å². The molecule has 3 aromatic rings. The molecule has 1 amide bonds. The topological polar surface area (TPSA) is 61.9 Å². The first-order chi connectivity index (χ1) is 12.7. The van der Waals surface area contributed by atoms with Crippen LogP contribution in [0.3, 0.4) is 0 Å². The molecule has 132 valence electrons. The number of nitrogens with zero attached hydrogens (tertiary/aromatic N) is 3. The number of nitrogens with one attached hydrogen (secondary N) is 1. The Kier molecular flexibility index (Phi) is 4.75. The van der Waals surface area contributed by atoms with Gasteiger partial charge in [-0.1, -0.05) is 65.9 Å². The van der Waals surface area contributed by atoms with Gasteiger partial charge in [0.15, 0.2) is 5.82 Å². The highest BCUT2D eigenvalue weighted by Gasteiger charge is 2.20. The van der Waals surface area contributed by atoms with Gasteiger partial charge < -0.3 is 4.90 Å². The molecule has 0 atom stereocenters. The molecular weight excluding hydrogens is 344 g/mol. The number of hydrogen-bond acceptors (Lipinski definition) is 4. The number of rotatable bonds is 4. The van der Waals surface area contributed by atoms with Gasteiger partial charge in [0.25, 0.3) is 0 Å². The van der Waals surface area contributed by atoms with Crippen LogP contribution < -0.4 is 0 Å². The fourth-order valence-electron chi connectivity index (χ4n) is 3.08. The maximum Gasteiger partial charge on any atom is 0.233 e. The number of carbonyl (C=O) groups excluding carboxylic acids is 1. The van der Waals surface area contributed by atoms with Crippen molar-refractivity contribution in [1.82, 2.24) is 20.1 Å². The Hall–Kier alpha value is -2.60. The fourth-order valence-corrected chi connectivity index (χ4v) is 3.78. The monoisotopic (exact) mass is 364 g/mol. The summed E-state index contributed by atoms with van der Waals surface area (Å²) in [7, 11) is 0. The summed E-state index contributed by atoms with van der Waals surface area (Å²) in [4.78, 5) is 18.9. The Morgan fingerprint density at radius 3 is 2.73 bits per heavy atom. The van der Waals surface area contributed by atoms with Gasteiger partial charge in [-0.15, -0.1) is 5.10 Å². The van der Waals surface area contributed by atoms with Crippen molar-refractivity contribution in [2.24, 2.45) is 0 Å². The van der Waals surface area contributed by atoms with E-state index in [0.29, 0.717) is 17.5 Å². The zero-order valence-electron chi connectivity index (χ0n) is 14.6. The molecule has 1 aliphatic heterocycles. The minimum atomic E-state index is 0.131. The molecule has 1 N–H and O–H groups in total. The Bertz CT molecular complexity index is 920. The third-order valence-electron chi connectivity index (χ3n) is 4.60. The largest absolute Gasteiger partial charge is 0.337 e. The lowest BCUT2D eigenvalue weighted by Crippen LogP contribution is -2.37. The van der Waals surface area contributed by atoms with Crippen LogP contribution in [0.4, 0.5) is 0 Å². The number of thioether (sulfide) groups is 1. The van der Waals surface area contributed by atoms with E-state index in [4.69, 9.17) is 0 Å². The fraction of sp³-hybridized carbons (Fsp3) is 0.250. The minimum absolute atomic E-state index is 0.131. The van der Waals surface area contributed by atoms with Crippen molar-refractivity contribution in [3.63, 3.8) is 0 Å². The zero-order chi connectivity index (χ0) is 17.9. The molecule has 0 saturated heterocycles. The molecule has 1 aliphatic rings. The summed E-state index contributed by atoms with van der Waals surface area (Å²) in [6.45, 7) is 3.52. The number of aryl methyl sites for hydroxylation is 1. The summed E-state index contributed by atoms with van der Waals surface area (Å²) in [6.07, 6.45) is 0.921. The van der Waals surface area contributed by atoms with E-state index in [1.54, 1.807) is 0 Å². The maximum absolute atomic E-state index is 12.5. The number of carbonyl (C=O) groups is 1. The summed E-state index contributed by atoms with van der Waals surface area (Å²) in [5.41, 5.74) is 4.79. The zero-order valence-corrected chi connectivity index (χ0v) is 15.4. The summed E-state index contributed by atoms with van der Waals surface area (Å²) in [5.74, 6) is 1.21. The average Bonchev–Trinajstić information content (AvgIpc) is 3.15. The van der Waals surface area contributed by atoms with E-state index >= 15 is 0 Å². The van der Waals surface area contributed by atoms with Crippen molar-refractivity contribution in [1.29, 1.82) is 0 Å². The van der Waals surface area contributed by atoms with Crippen LogP contribution in [0.15, 0.2) is 53.7 Å². The summed E-state index contributed by atoms with van der Waals surface area (Å²) in [6, 6.07) is 16.5. The molecule has 0 fully saturated rings. The highest BCUT2D eigenvalue weighted by atomic mass is 32.2. The lowest BCUT2D eigenvalue weighted by molar-refractivity contribution is -0.129. The van der Waals surface area contributed by atoms with E-state index in [-0.39, 0.29) is 5.91 Å². The molecular formula is C20H20N4OS. The van der Waals surface area contributed by atoms with Gasteiger partial charge in [-0.25, -0.2) is 4.98 Å². The second-order valence-corrected chi connectivity index (χ2v) is 7.40. The molecule has 1 aromatic heterocycles. The van der Waals surface area contributed by atoms with Gasteiger partial charge in [0, 0.05) is 18.7 Å². The van der Waals surface area contributed by atoms with Crippen LogP contribution in [0.2, 0.25) is 0 Å². The van der Waals surface area contributed by atoms with E-state index in [2.05, 4.69) is 40.3 Å². The molecule has 5 nitrogen and oxygen atoms in total. The summed E-state index contributed by atoms with van der Waals surface area (Å²) in [5, 5.41) is 7.78. The molecule has 4 rings (SSSR count). The number of H-pyrrole nitrogens is 1. The number of benzene rings is 2. The van der Waals surface area contributed by atoms with Crippen LogP contribution in [0.25, 0.3) is 11.4 Å². The molecule has 0 aliphatic carbocycles. The van der Waals surface area contributed by atoms with Gasteiger partial charge in [0.1, 0.15) is 0 Å². The lowest BCUT2D eigenvalue weighted by atomic mass is 10.00. The number of aromatic amines is 1. The molecule has 0 unspecified atom stereocenters. The van der Waals surface area contributed by atoms with Crippen LogP contribution in [-0.4, -0.2) is 38.3 Å². The molecule has 26 heavy (non-hydrogen) atoms. The normalized spacial score (nSPS) is 13.5. The molecule has 0 bridgehead atoms. The second kappa shape index (κ2) is 7.33. The van der Waals surface area contributed by atoms with Crippen molar-refractivity contribution < 1.29 is 4.79 Å². The Labute approximate surface area is 156 Å². The summed E-state index contributed by atoms with van der Waals surface area (Å²) >= 11 is 1.38. The predicted octanol–water partition coefficient (Wildman–Crippen LogP) is 3.46. The van der Waals surface area contributed by atoms with E-state index in [1.165, 1.54) is 28.5 Å². The highest BCUT2D eigenvalue weighted by Crippen LogP contribution is 2.22. The van der Waals surface area contributed by atoms with Gasteiger partial charge >= 0.3 is 0 Å². The molecule has 0 radical (unpaired) electrons. The first-order valence-electron chi connectivity index (χ1n) is 8.66. The van der Waals surface area contributed by atoms with Crippen molar-refractivity contribution in [2.75, 3.05) is 12.3 Å². The van der Waals surface area contributed by atoms with E-state index in [9.17, 15) is 4.79 Å². The molecule has 6 heteroatoms. The van der Waals surface area contributed by atoms with Crippen molar-refractivity contribution in [2.45, 2.75) is 25.0 Å². The SMILES string of the molecule is Cc1ccc(-c2nc(SCC(=O)N3CCc4ccccc4C3)n[nH]2)cc1. The van der Waals surface area contributed by atoms with Crippen LogP contribution >= 0.6 is 11.8 Å².